The monoisotopic (exact) mass is 442 g/mol. The predicted octanol–water partition coefficient (Wildman–Crippen LogP) is 6.05. The van der Waals surface area contributed by atoms with Crippen LogP contribution >= 0.6 is 11.3 Å². The van der Waals surface area contributed by atoms with Crippen LogP contribution in [0.25, 0.3) is 31.6 Å². The molecule has 32 heavy (non-hydrogen) atoms. The lowest BCUT2D eigenvalue weighted by Crippen LogP contribution is -2.42. The van der Waals surface area contributed by atoms with E-state index >= 15 is 0 Å². The SMILES string of the molecule is CC(C)(CO)NCc1ccc(-c2cc3nccc(Nc4ccc5[nH]ccc5c4)c3s2)cc1. The second-order valence-electron chi connectivity index (χ2n) is 8.68. The average Bonchev–Trinajstić information content (AvgIpc) is 3.45. The molecule has 0 atom stereocenters. The van der Waals surface area contributed by atoms with Gasteiger partial charge >= 0.3 is 0 Å². The molecule has 162 valence electrons. The van der Waals surface area contributed by atoms with E-state index in [1.54, 1.807) is 11.3 Å². The van der Waals surface area contributed by atoms with Gasteiger partial charge in [-0.3, -0.25) is 4.98 Å². The van der Waals surface area contributed by atoms with Crippen molar-refractivity contribution in [1.82, 2.24) is 15.3 Å². The Labute approximate surface area is 191 Å². The Morgan fingerprint density at radius 1 is 1.03 bits per heavy atom. The number of anilines is 2. The largest absolute Gasteiger partial charge is 0.394 e. The highest BCUT2D eigenvalue weighted by Crippen LogP contribution is 2.37. The third-order valence-electron chi connectivity index (χ3n) is 5.65. The van der Waals surface area contributed by atoms with Crippen LogP contribution in [-0.4, -0.2) is 27.2 Å². The number of fused-ring (bicyclic) bond motifs is 2. The fraction of sp³-hybridized carbons (Fsp3) is 0.192. The molecule has 0 unspecified atom stereocenters. The number of benzene rings is 2. The van der Waals surface area contributed by atoms with Crippen LogP contribution in [0.5, 0.6) is 0 Å². The van der Waals surface area contributed by atoms with Crippen LogP contribution in [0.3, 0.4) is 0 Å². The maximum Gasteiger partial charge on any atom is 0.0837 e. The third kappa shape index (κ3) is 4.25. The molecule has 0 saturated heterocycles. The van der Waals surface area contributed by atoms with Gasteiger partial charge in [-0.15, -0.1) is 11.3 Å². The number of H-pyrrole nitrogens is 1. The molecule has 0 aliphatic carbocycles. The molecule has 5 rings (SSSR count). The number of thiophene rings is 1. The van der Waals surface area contributed by atoms with E-state index in [0.29, 0.717) is 0 Å². The standard InChI is InChI=1S/C26H26N4OS/c1-26(2,16-31)29-15-17-3-5-18(6-4-17)24-14-23-25(32-24)22(10-12-28-23)30-20-7-8-21-19(13-20)9-11-27-21/h3-14,27,29,31H,15-16H2,1-2H3,(H,28,30). The van der Waals surface area contributed by atoms with Gasteiger partial charge in [0.05, 0.1) is 22.5 Å². The summed E-state index contributed by atoms with van der Waals surface area (Å²) in [6, 6.07) is 21.2. The second kappa shape index (κ2) is 8.39. The lowest BCUT2D eigenvalue weighted by molar-refractivity contribution is 0.187. The molecule has 5 nitrogen and oxygen atoms in total. The molecule has 4 N–H and O–H groups in total. The maximum absolute atomic E-state index is 9.41. The zero-order valence-electron chi connectivity index (χ0n) is 18.1. The lowest BCUT2D eigenvalue weighted by Gasteiger charge is -2.23. The highest BCUT2D eigenvalue weighted by atomic mass is 32.1. The first-order valence-electron chi connectivity index (χ1n) is 10.7. The first-order valence-corrected chi connectivity index (χ1v) is 11.5. The number of rotatable bonds is 7. The van der Waals surface area contributed by atoms with E-state index in [2.05, 4.69) is 75.2 Å². The average molecular weight is 443 g/mol. The summed E-state index contributed by atoms with van der Waals surface area (Å²) in [5.74, 6) is 0. The maximum atomic E-state index is 9.41. The van der Waals surface area contributed by atoms with Crippen LogP contribution in [0.15, 0.2) is 73.1 Å². The van der Waals surface area contributed by atoms with Gasteiger partial charge in [0.2, 0.25) is 0 Å². The number of nitrogens with zero attached hydrogens (tertiary/aromatic N) is 1. The summed E-state index contributed by atoms with van der Waals surface area (Å²) in [6.07, 6.45) is 3.81. The molecule has 0 saturated carbocycles. The van der Waals surface area contributed by atoms with Gasteiger partial charge in [0.15, 0.2) is 0 Å². The highest BCUT2D eigenvalue weighted by molar-refractivity contribution is 7.22. The molecule has 0 bridgehead atoms. The lowest BCUT2D eigenvalue weighted by atomic mass is 10.1. The zero-order chi connectivity index (χ0) is 22.1. The molecule has 2 aromatic carbocycles. The molecule has 6 heteroatoms. The quantitative estimate of drug-likeness (QED) is 0.248. The van der Waals surface area contributed by atoms with Crippen LogP contribution < -0.4 is 10.6 Å². The molecule has 0 radical (unpaired) electrons. The Balaban J connectivity index is 1.39. The normalized spacial score (nSPS) is 12.0. The van der Waals surface area contributed by atoms with Crippen molar-refractivity contribution in [3.63, 3.8) is 0 Å². The molecule has 0 spiro atoms. The Hall–Kier alpha value is -3.19. The zero-order valence-corrected chi connectivity index (χ0v) is 19.0. The summed E-state index contributed by atoms with van der Waals surface area (Å²) in [7, 11) is 0. The molecule has 3 heterocycles. The van der Waals surface area contributed by atoms with Crippen LogP contribution in [-0.2, 0) is 6.54 Å². The van der Waals surface area contributed by atoms with Gasteiger partial charge in [-0.1, -0.05) is 24.3 Å². The van der Waals surface area contributed by atoms with Gasteiger partial charge in [0, 0.05) is 45.9 Å². The molecule has 3 aromatic heterocycles. The summed E-state index contributed by atoms with van der Waals surface area (Å²) < 4.78 is 1.15. The third-order valence-corrected chi connectivity index (χ3v) is 6.86. The van der Waals surface area contributed by atoms with Crippen molar-refractivity contribution in [3.8, 4) is 10.4 Å². The number of aromatic nitrogens is 2. The number of hydrogen-bond donors (Lipinski definition) is 4. The topological polar surface area (TPSA) is 73.0 Å². The van der Waals surface area contributed by atoms with Crippen LogP contribution in [0.4, 0.5) is 11.4 Å². The molecule has 0 aliphatic rings. The molecule has 0 aliphatic heterocycles. The fourth-order valence-electron chi connectivity index (χ4n) is 3.65. The Morgan fingerprint density at radius 2 is 1.88 bits per heavy atom. The van der Waals surface area contributed by atoms with Crippen molar-refractivity contribution in [1.29, 1.82) is 0 Å². The van der Waals surface area contributed by atoms with Crippen molar-refractivity contribution in [2.45, 2.75) is 25.9 Å². The fourth-order valence-corrected chi connectivity index (χ4v) is 4.74. The van der Waals surface area contributed by atoms with E-state index in [1.807, 2.05) is 32.3 Å². The van der Waals surface area contributed by atoms with Crippen molar-refractivity contribution in [2.75, 3.05) is 11.9 Å². The summed E-state index contributed by atoms with van der Waals surface area (Å²) in [4.78, 5) is 9.01. The first-order chi connectivity index (χ1) is 15.5. The van der Waals surface area contributed by atoms with E-state index in [9.17, 15) is 5.11 Å². The van der Waals surface area contributed by atoms with Crippen LogP contribution in [0, 0.1) is 0 Å². The van der Waals surface area contributed by atoms with E-state index < -0.39 is 0 Å². The second-order valence-corrected chi connectivity index (χ2v) is 9.73. The number of aromatic amines is 1. The smallest absolute Gasteiger partial charge is 0.0837 e. The Kier molecular flexibility index (Phi) is 5.43. The summed E-state index contributed by atoms with van der Waals surface area (Å²) in [5, 5.41) is 17.5. The number of aliphatic hydroxyl groups is 1. The molecular formula is C26H26N4OS. The summed E-state index contributed by atoms with van der Waals surface area (Å²) in [5.41, 5.74) is 6.33. The first kappa shape index (κ1) is 20.7. The summed E-state index contributed by atoms with van der Waals surface area (Å²) in [6.45, 7) is 4.82. The van der Waals surface area contributed by atoms with Crippen molar-refractivity contribution in [2.24, 2.45) is 0 Å². The van der Waals surface area contributed by atoms with E-state index in [0.717, 1.165) is 33.7 Å². The van der Waals surface area contributed by atoms with Crippen LogP contribution in [0.2, 0.25) is 0 Å². The molecule has 0 fully saturated rings. The predicted molar refractivity (Wildman–Crippen MR) is 135 cm³/mol. The number of nitrogens with one attached hydrogen (secondary N) is 3. The van der Waals surface area contributed by atoms with Gasteiger partial charge < -0.3 is 20.7 Å². The van der Waals surface area contributed by atoms with Gasteiger partial charge in [-0.25, -0.2) is 0 Å². The molecule has 0 amide bonds. The van der Waals surface area contributed by atoms with E-state index in [4.69, 9.17) is 0 Å². The van der Waals surface area contributed by atoms with Crippen molar-refractivity contribution >= 4 is 43.8 Å². The summed E-state index contributed by atoms with van der Waals surface area (Å²) >= 11 is 1.75. The minimum absolute atomic E-state index is 0.106. The Morgan fingerprint density at radius 3 is 2.69 bits per heavy atom. The number of hydrogen-bond acceptors (Lipinski definition) is 5. The van der Waals surface area contributed by atoms with E-state index in [-0.39, 0.29) is 12.1 Å². The van der Waals surface area contributed by atoms with Gasteiger partial charge in [-0.05, 0) is 61.4 Å². The van der Waals surface area contributed by atoms with Crippen molar-refractivity contribution in [3.05, 3.63) is 78.6 Å². The van der Waals surface area contributed by atoms with E-state index in [1.165, 1.54) is 21.4 Å². The Bertz CT molecular complexity index is 1370. The highest BCUT2D eigenvalue weighted by Gasteiger charge is 2.15. The number of pyridine rings is 1. The van der Waals surface area contributed by atoms with Gasteiger partial charge in [-0.2, -0.15) is 0 Å². The molecule has 5 aromatic rings. The van der Waals surface area contributed by atoms with Gasteiger partial charge in [0.1, 0.15) is 0 Å². The minimum Gasteiger partial charge on any atom is -0.394 e. The minimum atomic E-state index is -0.287. The molecular weight excluding hydrogens is 416 g/mol. The van der Waals surface area contributed by atoms with Gasteiger partial charge in [0.25, 0.3) is 0 Å². The van der Waals surface area contributed by atoms with Crippen LogP contribution in [0.1, 0.15) is 19.4 Å². The van der Waals surface area contributed by atoms with Crippen molar-refractivity contribution < 1.29 is 5.11 Å². The number of aliphatic hydroxyl groups excluding tert-OH is 1.